The van der Waals surface area contributed by atoms with Crippen molar-refractivity contribution in [3.05, 3.63) is 52.3 Å². The molecule has 2 aromatic rings. The van der Waals surface area contributed by atoms with Gasteiger partial charge in [-0.3, -0.25) is 20.2 Å². The Morgan fingerprint density at radius 1 is 1.47 bits per heavy atom. The standard InChI is InChI=1S/C12H12N4O3/c1-15-7-6-13-12(15)14-11(17)8-9-4-2-3-5-10(9)16(18)19/h2-7H,8H2,1H3,(H,13,14,17). The maximum atomic E-state index is 11.8. The lowest BCUT2D eigenvalue weighted by Crippen LogP contribution is -2.17. The van der Waals surface area contributed by atoms with Crippen molar-refractivity contribution in [1.29, 1.82) is 0 Å². The highest BCUT2D eigenvalue weighted by Gasteiger charge is 2.16. The smallest absolute Gasteiger partial charge is 0.273 e. The van der Waals surface area contributed by atoms with Crippen LogP contribution in [0.1, 0.15) is 5.56 Å². The Morgan fingerprint density at radius 3 is 2.84 bits per heavy atom. The Bertz CT molecular complexity index is 621. The Kier molecular flexibility index (Phi) is 3.56. The van der Waals surface area contributed by atoms with Crippen LogP contribution in [0.2, 0.25) is 0 Å². The molecule has 2 rings (SSSR count). The van der Waals surface area contributed by atoms with E-state index in [1.165, 1.54) is 6.07 Å². The summed E-state index contributed by atoms with van der Waals surface area (Å²) < 4.78 is 1.65. The summed E-state index contributed by atoms with van der Waals surface area (Å²) in [5.74, 6) is 0.0622. The zero-order chi connectivity index (χ0) is 13.8. The molecular weight excluding hydrogens is 248 g/mol. The second-order valence-electron chi connectivity index (χ2n) is 3.97. The average molecular weight is 260 g/mol. The van der Waals surface area contributed by atoms with Gasteiger partial charge in [0.05, 0.1) is 11.3 Å². The van der Waals surface area contributed by atoms with Crippen LogP contribution in [-0.4, -0.2) is 20.4 Å². The average Bonchev–Trinajstić information content (AvgIpc) is 2.75. The predicted octanol–water partition coefficient (Wildman–Crippen LogP) is 1.51. The van der Waals surface area contributed by atoms with Gasteiger partial charge in [-0.2, -0.15) is 0 Å². The van der Waals surface area contributed by atoms with Gasteiger partial charge in [0.25, 0.3) is 5.69 Å². The van der Waals surface area contributed by atoms with Crippen molar-refractivity contribution in [2.24, 2.45) is 7.05 Å². The molecule has 19 heavy (non-hydrogen) atoms. The zero-order valence-corrected chi connectivity index (χ0v) is 10.2. The van der Waals surface area contributed by atoms with Crippen LogP contribution >= 0.6 is 0 Å². The molecule has 0 aliphatic rings. The number of nitro groups is 1. The number of nitro benzene ring substituents is 1. The van der Waals surface area contributed by atoms with E-state index in [4.69, 9.17) is 0 Å². The molecule has 0 bridgehead atoms. The van der Waals surface area contributed by atoms with Crippen LogP contribution in [0, 0.1) is 10.1 Å². The van der Waals surface area contributed by atoms with E-state index in [1.54, 1.807) is 42.2 Å². The Balaban J connectivity index is 2.11. The second-order valence-corrected chi connectivity index (χ2v) is 3.97. The van der Waals surface area contributed by atoms with E-state index in [-0.39, 0.29) is 18.0 Å². The van der Waals surface area contributed by atoms with Gasteiger partial charge in [-0.15, -0.1) is 0 Å². The van der Waals surface area contributed by atoms with Crippen LogP contribution in [0.4, 0.5) is 11.6 Å². The number of aromatic nitrogens is 2. The SMILES string of the molecule is Cn1ccnc1NC(=O)Cc1ccccc1[N+](=O)[O-]. The summed E-state index contributed by atoms with van der Waals surface area (Å²) in [6.45, 7) is 0. The molecular formula is C12H12N4O3. The van der Waals surface area contributed by atoms with E-state index in [1.807, 2.05) is 0 Å². The van der Waals surface area contributed by atoms with Crippen LogP contribution in [0.15, 0.2) is 36.7 Å². The van der Waals surface area contributed by atoms with Gasteiger partial charge in [0, 0.05) is 31.1 Å². The summed E-state index contributed by atoms with van der Waals surface area (Å²) in [7, 11) is 1.74. The maximum Gasteiger partial charge on any atom is 0.273 e. The minimum atomic E-state index is -0.497. The topological polar surface area (TPSA) is 90.1 Å². The lowest BCUT2D eigenvalue weighted by molar-refractivity contribution is -0.385. The van der Waals surface area contributed by atoms with Crippen LogP contribution in [0.3, 0.4) is 0 Å². The lowest BCUT2D eigenvalue weighted by atomic mass is 10.1. The van der Waals surface area contributed by atoms with Gasteiger partial charge in [0.2, 0.25) is 11.9 Å². The van der Waals surface area contributed by atoms with Crippen LogP contribution in [0.5, 0.6) is 0 Å². The Morgan fingerprint density at radius 2 is 2.21 bits per heavy atom. The number of anilines is 1. The van der Waals surface area contributed by atoms with Crippen molar-refractivity contribution >= 4 is 17.5 Å². The third-order valence-electron chi connectivity index (χ3n) is 2.61. The molecule has 1 aromatic carbocycles. The fourth-order valence-electron chi connectivity index (χ4n) is 1.67. The monoisotopic (exact) mass is 260 g/mol. The first-order chi connectivity index (χ1) is 9.08. The molecule has 0 saturated heterocycles. The van der Waals surface area contributed by atoms with Crippen molar-refractivity contribution in [3.8, 4) is 0 Å². The molecule has 0 fully saturated rings. The largest absolute Gasteiger partial charge is 0.320 e. The van der Waals surface area contributed by atoms with E-state index in [2.05, 4.69) is 10.3 Å². The lowest BCUT2D eigenvalue weighted by Gasteiger charge is -2.05. The second kappa shape index (κ2) is 5.30. The van der Waals surface area contributed by atoms with Gasteiger partial charge in [-0.05, 0) is 0 Å². The molecule has 1 amide bonds. The van der Waals surface area contributed by atoms with Gasteiger partial charge in [0.1, 0.15) is 0 Å². The quantitative estimate of drug-likeness (QED) is 0.666. The molecule has 98 valence electrons. The highest BCUT2D eigenvalue weighted by atomic mass is 16.6. The number of para-hydroxylation sites is 1. The minimum absolute atomic E-state index is 0.0579. The highest BCUT2D eigenvalue weighted by Crippen LogP contribution is 2.18. The molecule has 0 atom stereocenters. The number of benzene rings is 1. The Hall–Kier alpha value is -2.70. The van der Waals surface area contributed by atoms with Crippen LogP contribution < -0.4 is 5.32 Å². The molecule has 0 aliphatic carbocycles. The molecule has 0 unspecified atom stereocenters. The number of imidazole rings is 1. The summed E-state index contributed by atoms with van der Waals surface area (Å²) >= 11 is 0. The number of aryl methyl sites for hydroxylation is 1. The van der Waals surface area contributed by atoms with Gasteiger partial charge >= 0.3 is 0 Å². The fraction of sp³-hybridized carbons (Fsp3) is 0.167. The first-order valence-electron chi connectivity index (χ1n) is 5.57. The van der Waals surface area contributed by atoms with E-state index in [0.29, 0.717) is 11.5 Å². The third kappa shape index (κ3) is 2.95. The predicted molar refractivity (Wildman–Crippen MR) is 68.6 cm³/mol. The zero-order valence-electron chi connectivity index (χ0n) is 10.2. The fourth-order valence-corrected chi connectivity index (χ4v) is 1.67. The number of carbonyl (C=O) groups is 1. The van der Waals surface area contributed by atoms with Gasteiger partial charge in [0.15, 0.2) is 0 Å². The summed E-state index contributed by atoms with van der Waals surface area (Å²) in [6, 6.07) is 6.17. The number of nitrogens with zero attached hydrogens (tertiary/aromatic N) is 3. The van der Waals surface area contributed by atoms with Crippen LogP contribution in [0.25, 0.3) is 0 Å². The van der Waals surface area contributed by atoms with Crippen LogP contribution in [-0.2, 0) is 18.3 Å². The molecule has 0 spiro atoms. The number of rotatable bonds is 4. The Labute approximate surface area is 109 Å². The molecule has 1 N–H and O–H groups in total. The van der Waals surface area contributed by atoms with Crippen molar-refractivity contribution < 1.29 is 9.72 Å². The normalized spacial score (nSPS) is 10.2. The van der Waals surface area contributed by atoms with Crippen molar-refractivity contribution in [2.45, 2.75) is 6.42 Å². The first kappa shape index (κ1) is 12.7. The number of carbonyl (C=O) groups excluding carboxylic acids is 1. The summed E-state index contributed by atoms with van der Waals surface area (Å²) in [4.78, 5) is 26.1. The van der Waals surface area contributed by atoms with Gasteiger partial charge < -0.3 is 4.57 Å². The number of hydrogen-bond donors (Lipinski definition) is 1. The van der Waals surface area contributed by atoms with E-state index >= 15 is 0 Å². The summed E-state index contributed by atoms with van der Waals surface area (Å²) in [6.07, 6.45) is 3.19. The molecule has 0 radical (unpaired) electrons. The maximum absolute atomic E-state index is 11.8. The van der Waals surface area contributed by atoms with E-state index in [0.717, 1.165) is 0 Å². The van der Waals surface area contributed by atoms with E-state index in [9.17, 15) is 14.9 Å². The molecule has 7 heteroatoms. The number of hydrogen-bond acceptors (Lipinski definition) is 4. The van der Waals surface area contributed by atoms with Gasteiger partial charge in [-0.25, -0.2) is 4.98 Å². The minimum Gasteiger partial charge on any atom is -0.320 e. The van der Waals surface area contributed by atoms with Crippen molar-refractivity contribution in [2.75, 3.05) is 5.32 Å². The number of amides is 1. The van der Waals surface area contributed by atoms with Crippen molar-refractivity contribution in [1.82, 2.24) is 9.55 Å². The number of nitrogens with one attached hydrogen (secondary N) is 1. The highest BCUT2D eigenvalue weighted by molar-refractivity contribution is 5.91. The molecule has 0 saturated carbocycles. The summed E-state index contributed by atoms with van der Waals surface area (Å²) in [5.41, 5.74) is 0.316. The molecule has 7 nitrogen and oxygen atoms in total. The first-order valence-corrected chi connectivity index (χ1v) is 5.57. The molecule has 1 heterocycles. The van der Waals surface area contributed by atoms with Gasteiger partial charge in [-0.1, -0.05) is 18.2 Å². The summed E-state index contributed by atoms with van der Waals surface area (Å²) in [5, 5.41) is 13.4. The van der Waals surface area contributed by atoms with Crippen molar-refractivity contribution in [3.63, 3.8) is 0 Å². The molecule has 1 aromatic heterocycles. The van der Waals surface area contributed by atoms with E-state index < -0.39 is 4.92 Å². The molecule has 0 aliphatic heterocycles. The third-order valence-corrected chi connectivity index (χ3v) is 2.61.